The number of benzene rings is 2. The first-order chi connectivity index (χ1) is 14.6. The number of ether oxygens (including phenoxy) is 1. The van der Waals surface area contributed by atoms with Crippen molar-refractivity contribution in [2.24, 2.45) is 0 Å². The van der Waals surface area contributed by atoms with Crippen molar-refractivity contribution in [1.82, 2.24) is 4.90 Å². The number of imide groups is 1. The molecule has 4 rings (SSSR count). The summed E-state index contributed by atoms with van der Waals surface area (Å²) >= 11 is 6.00. The third-order valence-corrected chi connectivity index (χ3v) is 4.88. The minimum atomic E-state index is -0.421. The predicted octanol–water partition coefficient (Wildman–Crippen LogP) is 4.72. The number of anilines is 1. The molecule has 6 nitrogen and oxygen atoms in total. The number of hydrogen-bond donors (Lipinski definition) is 1. The van der Waals surface area contributed by atoms with E-state index < -0.39 is 11.8 Å². The molecule has 152 valence electrons. The summed E-state index contributed by atoms with van der Waals surface area (Å²) in [5.41, 5.74) is 1.77. The molecule has 0 saturated heterocycles. The zero-order valence-corrected chi connectivity index (χ0v) is 17.0. The van der Waals surface area contributed by atoms with Crippen LogP contribution in [0.2, 0.25) is 5.02 Å². The van der Waals surface area contributed by atoms with Gasteiger partial charge in [0.25, 0.3) is 11.8 Å². The maximum absolute atomic E-state index is 13.2. The minimum Gasteiger partial charge on any atom is -0.494 e. The van der Waals surface area contributed by atoms with Gasteiger partial charge in [0.1, 0.15) is 17.2 Å². The molecule has 2 aromatic carbocycles. The Morgan fingerprint density at radius 3 is 2.37 bits per heavy atom. The molecule has 3 aromatic rings. The highest BCUT2D eigenvalue weighted by Crippen LogP contribution is 2.32. The molecule has 30 heavy (non-hydrogen) atoms. The van der Waals surface area contributed by atoms with Gasteiger partial charge in [-0.15, -0.1) is 0 Å². The molecule has 7 heteroatoms. The van der Waals surface area contributed by atoms with Crippen molar-refractivity contribution in [2.45, 2.75) is 13.5 Å². The molecular formula is C23H19ClN2O4. The van der Waals surface area contributed by atoms with Crippen LogP contribution in [0, 0.1) is 0 Å². The van der Waals surface area contributed by atoms with Crippen LogP contribution >= 0.6 is 11.6 Å². The van der Waals surface area contributed by atoms with Gasteiger partial charge in [0.2, 0.25) is 0 Å². The molecule has 2 amide bonds. The van der Waals surface area contributed by atoms with Crippen molar-refractivity contribution >= 4 is 34.7 Å². The Bertz CT molecular complexity index is 1090. The van der Waals surface area contributed by atoms with Crippen LogP contribution in [0.15, 0.2) is 77.0 Å². The second kappa shape index (κ2) is 8.47. The lowest BCUT2D eigenvalue weighted by atomic mass is 10.0. The zero-order valence-electron chi connectivity index (χ0n) is 16.2. The lowest BCUT2D eigenvalue weighted by Gasteiger charge is -2.13. The molecule has 0 fully saturated rings. The largest absolute Gasteiger partial charge is 0.494 e. The Morgan fingerprint density at radius 1 is 1.00 bits per heavy atom. The molecule has 0 atom stereocenters. The summed E-state index contributed by atoms with van der Waals surface area (Å²) in [5, 5.41) is 3.66. The van der Waals surface area contributed by atoms with Gasteiger partial charge in [-0.3, -0.25) is 14.5 Å². The molecule has 0 saturated carbocycles. The number of carbonyl (C=O) groups excluding carboxylic acids is 2. The van der Waals surface area contributed by atoms with Crippen LogP contribution in [0.5, 0.6) is 5.75 Å². The molecule has 0 bridgehead atoms. The molecule has 0 unspecified atom stereocenters. The third-order valence-electron chi connectivity index (χ3n) is 4.63. The number of amides is 2. The Morgan fingerprint density at radius 2 is 1.73 bits per heavy atom. The predicted molar refractivity (Wildman–Crippen MR) is 114 cm³/mol. The SMILES string of the molecule is CCOc1ccc(NC2=C(c3ccc(Cl)cc3)C(=O)N(Cc3ccco3)C2=O)cc1. The third kappa shape index (κ3) is 3.95. The Kier molecular flexibility index (Phi) is 5.59. The van der Waals surface area contributed by atoms with Crippen molar-refractivity contribution in [3.63, 3.8) is 0 Å². The number of rotatable bonds is 7. The monoisotopic (exact) mass is 422 g/mol. The van der Waals surface area contributed by atoms with E-state index in [4.69, 9.17) is 20.8 Å². The quantitative estimate of drug-likeness (QED) is 0.557. The van der Waals surface area contributed by atoms with Crippen LogP contribution in [-0.4, -0.2) is 23.3 Å². The number of nitrogens with zero attached hydrogens (tertiary/aromatic N) is 1. The lowest BCUT2D eigenvalue weighted by Crippen LogP contribution is -2.31. The Labute approximate surface area is 178 Å². The van der Waals surface area contributed by atoms with Crippen LogP contribution in [0.3, 0.4) is 0 Å². The average molecular weight is 423 g/mol. The van der Waals surface area contributed by atoms with Gasteiger partial charge in [-0.25, -0.2) is 0 Å². The van der Waals surface area contributed by atoms with E-state index in [9.17, 15) is 9.59 Å². The van der Waals surface area contributed by atoms with E-state index in [0.717, 1.165) is 5.75 Å². The van der Waals surface area contributed by atoms with E-state index >= 15 is 0 Å². The number of hydrogen-bond acceptors (Lipinski definition) is 5. The highest BCUT2D eigenvalue weighted by molar-refractivity contribution is 6.36. The normalized spacial score (nSPS) is 13.9. The van der Waals surface area contributed by atoms with Crippen molar-refractivity contribution < 1.29 is 18.7 Å². The summed E-state index contributed by atoms with van der Waals surface area (Å²) in [4.78, 5) is 27.5. The van der Waals surface area contributed by atoms with Gasteiger partial charge in [-0.05, 0) is 61.0 Å². The summed E-state index contributed by atoms with van der Waals surface area (Å²) in [7, 11) is 0. The smallest absolute Gasteiger partial charge is 0.278 e. The maximum atomic E-state index is 13.2. The first-order valence-corrected chi connectivity index (χ1v) is 9.83. The van der Waals surface area contributed by atoms with Crippen LogP contribution < -0.4 is 10.1 Å². The summed E-state index contributed by atoms with van der Waals surface area (Å²) in [6, 6.07) is 17.4. The van der Waals surface area contributed by atoms with E-state index in [1.165, 1.54) is 11.2 Å². The van der Waals surface area contributed by atoms with Crippen LogP contribution in [0.25, 0.3) is 5.57 Å². The zero-order chi connectivity index (χ0) is 21.1. The fourth-order valence-corrected chi connectivity index (χ4v) is 3.35. The Hall–Kier alpha value is -3.51. The van der Waals surface area contributed by atoms with Crippen LogP contribution in [-0.2, 0) is 16.1 Å². The second-order valence-electron chi connectivity index (χ2n) is 6.62. The summed E-state index contributed by atoms with van der Waals surface area (Å²) < 4.78 is 10.8. The number of carbonyl (C=O) groups is 2. The van der Waals surface area contributed by atoms with Gasteiger partial charge >= 0.3 is 0 Å². The van der Waals surface area contributed by atoms with Crippen LogP contribution in [0.4, 0.5) is 5.69 Å². The van der Waals surface area contributed by atoms with Gasteiger partial charge in [0.15, 0.2) is 0 Å². The minimum absolute atomic E-state index is 0.0518. The molecule has 1 aromatic heterocycles. The van der Waals surface area contributed by atoms with E-state index in [1.54, 1.807) is 60.7 Å². The van der Waals surface area contributed by atoms with Crippen molar-refractivity contribution in [1.29, 1.82) is 0 Å². The first kappa shape index (κ1) is 19.8. The fraction of sp³-hybridized carbons (Fsp3) is 0.130. The molecule has 0 radical (unpaired) electrons. The van der Waals surface area contributed by atoms with Gasteiger partial charge in [-0.2, -0.15) is 0 Å². The summed E-state index contributed by atoms with van der Waals surface area (Å²) in [5.74, 6) is 0.431. The van der Waals surface area contributed by atoms with Crippen LogP contribution in [0.1, 0.15) is 18.2 Å². The molecule has 0 spiro atoms. The van der Waals surface area contributed by atoms with Crippen molar-refractivity contribution in [3.8, 4) is 5.75 Å². The molecule has 2 heterocycles. The van der Waals surface area contributed by atoms with Gasteiger partial charge in [-0.1, -0.05) is 23.7 Å². The first-order valence-electron chi connectivity index (χ1n) is 9.45. The van der Waals surface area contributed by atoms with Crippen molar-refractivity contribution in [2.75, 3.05) is 11.9 Å². The van der Waals surface area contributed by atoms with E-state index in [-0.39, 0.29) is 17.8 Å². The second-order valence-corrected chi connectivity index (χ2v) is 7.05. The molecule has 0 aliphatic carbocycles. The standard InChI is InChI=1S/C23H19ClN2O4/c1-2-29-18-11-9-17(10-12-18)25-21-20(15-5-7-16(24)8-6-15)22(27)26(23(21)28)14-19-4-3-13-30-19/h3-13,25H,2,14H2,1H3. The number of furan rings is 1. The lowest BCUT2D eigenvalue weighted by molar-refractivity contribution is -0.137. The highest BCUT2D eigenvalue weighted by atomic mass is 35.5. The maximum Gasteiger partial charge on any atom is 0.278 e. The number of halogens is 1. The topological polar surface area (TPSA) is 71.8 Å². The average Bonchev–Trinajstić information content (AvgIpc) is 3.34. The van der Waals surface area contributed by atoms with E-state index in [0.29, 0.717) is 28.6 Å². The summed E-state index contributed by atoms with van der Waals surface area (Å²) in [6.07, 6.45) is 1.51. The molecule has 1 aliphatic rings. The highest BCUT2D eigenvalue weighted by Gasteiger charge is 2.39. The van der Waals surface area contributed by atoms with Gasteiger partial charge in [0.05, 0.1) is 25.0 Å². The van der Waals surface area contributed by atoms with Gasteiger partial charge < -0.3 is 14.5 Å². The van der Waals surface area contributed by atoms with Crippen molar-refractivity contribution in [3.05, 3.63) is 89.0 Å². The fourth-order valence-electron chi connectivity index (χ4n) is 3.22. The molecule has 1 N–H and O–H groups in total. The molecular weight excluding hydrogens is 404 g/mol. The van der Waals surface area contributed by atoms with Gasteiger partial charge in [0, 0.05) is 10.7 Å². The number of nitrogens with one attached hydrogen (secondary N) is 1. The van der Waals surface area contributed by atoms with E-state index in [2.05, 4.69) is 5.32 Å². The van der Waals surface area contributed by atoms with E-state index in [1.807, 2.05) is 6.92 Å². The molecule has 1 aliphatic heterocycles. The summed E-state index contributed by atoms with van der Waals surface area (Å²) in [6.45, 7) is 2.52. The Balaban J connectivity index is 1.69.